The molecule has 1 rings (SSSR count). The monoisotopic (exact) mass is 326 g/mol. The van der Waals surface area contributed by atoms with Gasteiger partial charge in [-0.2, -0.15) is 0 Å². The first-order chi connectivity index (χ1) is 8.23. The van der Waals surface area contributed by atoms with Crippen molar-refractivity contribution < 1.29 is 14.0 Å². The standard InChI is InChI=1S/C10H21BO3P2S2/c1-10(6-18-16(4,5)17)8(14-15-3)7(12-2)9(11)13-10/h7-9,15H,6H2,1-5H3/t7?,8-,9-,10-/m1/s1. The fourth-order valence-electron chi connectivity index (χ4n) is 1.94. The van der Waals surface area contributed by atoms with Gasteiger partial charge in [-0.3, -0.25) is 0 Å². The largest absolute Gasteiger partial charge is 0.377 e. The van der Waals surface area contributed by atoms with Crippen molar-refractivity contribution in [3.63, 3.8) is 0 Å². The van der Waals surface area contributed by atoms with Gasteiger partial charge in [0.15, 0.2) is 0 Å². The van der Waals surface area contributed by atoms with Crippen molar-refractivity contribution in [2.45, 2.75) is 30.7 Å². The molecule has 104 valence electrons. The first kappa shape index (κ1) is 17.4. The van der Waals surface area contributed by atoms with Crippen LogP contribution < -0.4 is 0 Å². The third-order valence-corrected chi connectivity index (χ3v) is 7.82. The van der Waals surface area contributed by atoms with Crippen LogP contribution in [0.1, 0.15) is 6.92 Å². The maximum atomic E-state index is 5.97. The minimum atomic E-state index is -1.32. The summed E-state index contributed by atoms with van der Waals surface area (Å²) < 4.78 is 17.1. The summed E-state index contributed by atoms with van der Waals surface area (Å²) in [6.07, 6.45) is -0.343. The fraction of sp³-hybridized carbons (Fsp3) is 1.00. The van der Waals surface area contributed by atoms with Gasteiger partial charge in [0.25, 0.3) is 0 Å². The molecule has 5 atom stereocenters. The Hall–Kier alpha value is 1.37. The summed E-state index contributed by atoms with van der Waals surface area (Å²) in [7, 11) is 8.01. The Labute approximate surface area is 123 Å². The normalized spacial score (nSPS) is 37.7. The average molecular weight is 326 g/mol. The highest BCUT2D eigenvalue weighted by atomic mass is 32.9. The van der Waals surface area contributed by atoms with Gasteiger partial charge in [0.05, 0.1) is 0 Å². The predicted octanol–water partition coefficient (Wildman–Crippen LogP) is 2.28. The third-order valence-electron chi connectivity index (χ3n) is 2.81. The third kappa shape index (κ3) is 4.44. The molecular weight excluding hydrogens is 305 g/mol. The van der Waals surface area contributed by atoms with Crippen LogP contribution in [0.25, 0.3) is 0 Å². The molecule has 0 bridgehead atoms. The number of rotatable bonds is 6. The summed E-state index contributed by atoms with van der Waals surface area (Å²) in [6.45, 7) is 8.27. The molecule has 1 aliphatic rings. The molecule has 0 spiro atoms. The Morgan fingerprint density at radius 1 is 1.56 bits per heavy atom. The number of hydrogen-bond acceptors (Lipinski definition) is 5. The molecule has 2 radical (unpaired) electrons. The molecular formula is C10H21BO3P2S2. The lowest BCUT2D eigenvalue weighted by molar-refractivity contribution is -0.0228. The highest BCUT2D eigenvalue weighted by molar-refractivity contribution is 8.70. The van der Waals surface area contributed by atoms with Crippen molar-refractivity contribution in [3.05, 3.63) is 0 Å². The lowest BCUT2D eigenvalue weighted by Crippen LogP contribution is -2.44. The molecule has 0 aromatic carbocycles. The maximum absolute atomic E-state index is 5.97. The summed E-state index contributed by atoms with van der Waals surface area (Å²) in [5, 5.41) is -1.32. The van der Waals surface area contributed by atoms with Gasteiger partial charge < -0.3 is 14.0 Å². The smallest absolute Gasteiger partial charge is 0.119 e. The van der Waals surface area contributed by atoms with Crippen molar-refractivity contribution in [1.29, 1.82) is 0 Å². The van der Waals surface area contributed by atoms with Gasteiger partial charge in [-0.15, -0.1) is 11.4 Å². The van der Waals surface area contributed by atoms with Gasteiger partial charge in [0.2, 0.25) is 0 Å². The van der Waals surface area contributed by atoms with Gasteiger partial charge in [-0.1, -0.05) is 11.8 Å². The first-order valence-corrected chi connectivity index (χ1v) is 12.4. The van der Waals surface area contributed by atoms with Crippen LogP contribution in [-0.2, 0) is 25.8 Å². The summed E-state index contributed by atoms with van der Waals surface area (Å²) in [5.41, 5.74) is -0.427. The quantitative estimate of drug-likeness (QED) is 0.552. The topological polar surface area (TPSA) is 27.7 Å². The molecule has 0 amide bonds. The molecule has 18 heavy (non-hydrogen) atoms. The van der Waals surface area contributed by atoms with E-state index in [-0.39, 0.29) is 12.2 Å². The molecule has 0 aromatic rings. The van der Waals surface area contributed by atoms with E-state index in [1.165, 1.54) is 0 Å². The second-order valence-electron chi connectivity index (χ2n) is 4.86. The van der Waals surface area contributed by atoms with Crippen molar-refractivity contribution in [3.8, 4) is 0 Å². The van der Waals surface area contributed by atoms with E-state index >= 15 is 0 Å². The first-order valence-electron chi connectivity index (χ1n) is 5.71. The van der Waals surface area contributed by atoms with E-state index < -0.39 is 16.8 Å². The van der Waals surface area contributed by atoms with Crippen LogP contribution in [0.15, 0.2) is 0 Å². The van der Waals surface area contributed by atoms with Gasteiger partial charge >= 0.3 is 0 Å². The molecule has 8 heteroatoms. The van der Waals surface area contributed by atoms with E-state index in [4.69, 9.17) is 33.7 Å². The zero-order valence-corrected chi connectivity index (χ0v) is 15.0. The average Bonchev–Trinajstić information content (AvgIpc) is 2.48. The van der Waals surface area contributed by atoms with Crippen molar-refractivity contribution in [2.75, 3.05) is 32.9 Å². The van der Waals surface area contributed by atoms with Gasteiger partial charge in [-0.25, -0.2) is 0 Å². The van der Waals surface area contributed by atoms with Crippen molar-refractivity contribution >= 4 is 45.1 Å². The Balaban J connectivity index is 2.80. The zero-order chi connectivity index (χ0) is 14.0. The highest BCUT2D eigenvalue weighted by Crippen LogP contribution is 2.54. The molecule has 0 aliphatic carbocycles. The van der Waals surface area contributed by atoms with Gasteiger partial charge in [0.1, 0.15) is 25.7 Å². The fourth-order valence-corrected chi connectivity index (χ4v) is 5.55. The summed E-state index contributed by atoms with van der Waals surface area (Å²) in [6, 6.07) is -0.437. The van der Waals surface area contributed by atoms with Crippen LogP contribution in [0.3, 0.4) is 0 Å². The summed E-state index contributed by atoms with van der Waals surface area (Å²) in [4.78, 5) is 0. The summed E-state index contributed by atoms with van der Waals surface area (Å²) in [5.74, 6) is 0.792. The van der Waals surface area contributed by atoms with Crippen LogP contribution in [0, 0.1) is 0 Å². The second-order valence-corrected chi connectivity index (χ2v) is 15.5. The van der Waals surface area contributed by atoms with Crippen molar-refractivity contribution in [1.82, 2.24) is 0 Å². The van der Waals surface area contributed by atoms with Gasteiger partial charge in [0, 0.05) is 32.9 Å². The van der Waals surface area contributed by atoms with Gasteiger partial charge in [-0.05, 0) is 26.9 Å². The Morgan fingerprint density at radius 2 is 2.17 bits per heavy atom. The zero-order valence-electron chi connectivity index (χ0n) is 11.5. The van der Waals surface area contributed by atoms with Crippen LogP contribution in [0.4, 0.5) is 0 Å². The van der Waals surface area contributed by atoms with Crippen LogP contribution in [0.2, 0.25) is 0 Å². The Kier molecular flexibility index (Phi) is 6.67. The van der Waals surface area contributed by atoms with E-state index in [0.717, 1.165) is 5.75 Å². The van der Waals surface area contributed by atoms with E-state index in [2.05, 4.69) is 13.3 Å². The number of hydrogen-bond donors (Lipinski definition) is 0. The molecule has 1 heterocycles. The lowest BCUT2D eigenvalue weighted by atomic mass is 9.90. The second kappa shape index (κ2) is 6.89. The SMILES string of the molecule is [B][C@@H]1O[C@](C)(CSP(C)(C)=S)[C@H](OPC)C1OC. The Morgan fingerprint density at radius 3 is 2.61 bits per heavy atom. The maximum Gasteiger partial charge on any atom is 0.119 e. The van der Waals surface area contributed by atoms with E-state index in [9.17, 15) is 0 Å². The molecule has 0 N–H and O–H groups in total. The molecule has 0 saturated carbocycles. The molecule has 1 saturated heterocycles. The minimum absolute atomic E-state index is 0.130. The van der Waals surface area contributed by atoms with E-state index in [0.29, 0.717) is 8.81 Å². The number of methoxy groups -OCH3 is 1. The summed E-state index contributed by atoms with van der Waals surface area (Å²) >= 11 is 7.26. The molecule has 1 aliphatic heterocycles. The van der Waals surface area contributed by atoms with Crippen LogP contribution in [0.5, 0.6) is 0 Å². The molecule has 0 aromatic heterocycles. The Bertz CT molecular complexity index is 328. The minimum Gasteiger partial charge on any atom is -0.377 e. The molecule has 1 fully saturated rings. The predicted molar refractivity (Wildman–Crippen MR) is 87.5 cm³/mol. The van der Waals surface area contributed by atoms with E-state index in [1.807, 2.05) is 13.6 Å². The van der Waals surface area contributed by atoms with Crippen LogP contribution in [-0.4, -0.2) is 64.5 Å². The van der Waals surface area contributed by atoms with E-state index in [1.54, 1.807) is 18.5 Å². The van der Waals surface area contributed by atoms with Crippen LogP contribution >= 0.6 is 25.4 Å². The van der Waals surface area contributed by atoms with Crippen molar-refractivity contribution in [2.24, 2.45) is 0 Å². The molecule has 2 unspecified atom stereocenters. The highest BCUT2D eigenvalue weighted by Gasteiger charge is 2.51. The number of ether oxygens (including phenoxy) is 2. The lowest BCUT2D eigenvalue weighted by Gasteiger charge is -2.32. The molecule has 3 nitrogen and oxygen atoms in total.